The topological polar surface area (TPSA) is 46.2 Å². The minimum absolute atomic E-state index is 0.282. The van der Waals surface area contributed by atoms with Gasteiger partial charge in [-0.15, -0.1) is 0 Å². The van der Waals surface area contributed by atoms with Crippen LogP contribution in [-0.2, 0) is 9.84 Å². The molecule has 3 rings (SSSR count). The first kappa shape index (κ1) is 13.3. The van der Waals surface area contributed by atoms with Crippen LogP contribution in [0, 0.1) is 0 Å². The third-order valence-corrected chi connectivity index (χ3v) is 5.61. The average molecular weight is 287 g/mol. The summed E-state index contributed by atoms with van der Waals surface area (Å²) in [5, 5.41) is 3.29. The lowest BCUT2D eigenvalue weighted by Gasteiger charge is -2.15. The van der Waals surface area contributed by atoms with E-state index in [4.69, 9.17) is 0 Å². The van der Waals surface area contributed by atoms with Gasteiger partial charge in [-0.1, -0.05) is 36.4 Å². The normalized spacial score (nSPS) is 19.1. The van der Waals surface area contributed by atoms with Crippen molar-refractivity contribution < 1.29 is 8.42 Å². The first-order chi connectivity index (χ1) is 9.69. The van der Waals surface area contributed by atoms with Gasteiger partial charge in [0.1, 0.15) is 0 Å². The van der Waals surface area contributed by atoms with E-state index in [0.717, 1.165) is 25.1 Å². The van der Waals surface area contributed by atoms with Gasteiger partial charge in [0.25, 0.3) is 0 Å². The molecular formula is C16H17NO2S. The van der Waals surface area contributed by atoms with Gasteiger partial charge in [-0.2, -0.15) is 0 Å². The highest BCUT2D eigenvalue weighted by Crippen LogP contribution is 2.31. The third kappa shape index (κ3) is 2.37. The fourth-order valence-electron chi connectivity index (χ4n) is 2.71. The molecule has 1 atom stereocenters. The average Bonchev–Trinajstić information content (AvgIpc) is 3.02. The van der Waals surface area contributed by atoms with E-state index in [0.29, 0.717) is 9.79 Å². The quantitative estimate of drug-likeness (QED) is 0.944. The zero-order valence-corrected chi connectivity index (χ0v) is 11.9. The van der Waals surface area contributed by atoms with E-state index in [1.807, 2.05) is 18.2 Å². The molecule has 0 bridgehead atoms. The van der Waals surface area contributed by atoms with Gasteiger partial charge in [0.15, 0.2) is 0 Å². The molecule has 1 N–H and O–H groups in total. The molecule has 0 saturated carbocycles. The molecule has 1 saturated heterocycles. The van der Waals surface area contributed by atoms with Crippen molar-refractivity contribution in [1.29, 1.82) is 0 Å². The van der Waals surface area contributed by atoms with E-state index in [1.54, 1.807) is 36.4 Å². The van der Waals surface area contributed by atoms with E-state index in [2.05, 4.69) is 5.32 Å². The van der Waals surface area contributed by atoms with Crippen LogP contribution in [0.2, 0.25) is 0 Å². The van der Waals surface area contributed by atoms with E-state index < -0.39 is 9.84 Å². The van der Waals surface area contributed by atoms with Gasteiger partial charge in [-0.3, -0.25) is 0 Å². The van der Waals surface area contributed by atoms with Crippen molar-refractivity contribution in [1.82, 2.24) is 5.32 Å². The van der Waals surface area contributed by atoms with Crippen LogP contribution in [0.15, 0.2) is 64.4 Å². The molecule has 0 aromatic heterocycles. The van der Waals surface area contributed by atoms with E-state index in [-0.39, 0.29) is 5.92 Å². The summed E-state index contributed by atoms with van der Waals surface area (Å²) in [6, 6.07) is 16.0. The van der Waals surface area contributed by atoms with E-state index >= 15 is 0 Å². The second kappa shape index (κ2) is 5.38. The van der Waals surface area contributed by atoms with Gasteiger partial charge in [-0.05, 0) is 42.6 Å². The standard InChI is InChI=1S/C16H17NO2S/c18-20(19,14-6-2-1-3-7-14)16-9-5-4-8-15(16)13-10-11-17-12-13/h1-9,13,17H,10-12H2. The Balaban J connectivity index is 2.10. The predicted octanol–water partition coefficient (Wildman–Crippen LogP) is 2.60. The molecule has 0 amide bonds. The van der Waals surface area contributed by atoms with Crippen LogP contribution in [0.25, 0.3) is 0 Å². The molecule has 2 aromatic rings. The zero-order valence-electron chi connectivity index (χ0n) is 11.1. The van der Waals surface area contributed by atoms with Gasteiger partial charge in [0.2, 0.25) is 9.84 Å². The second-order valence-corrected chi connectivity index (χ2v) is 6.96. The summed E-state index contributed by atoms with van der Waals surface area (Å²) < 4.78 is 25.6. The maximum Gasteiger partial charge on any atom is 0.206 e. The molecule has 3 nitrogen and oxygen atoms in total. The molecule has 0 aliphatic carbocycles. The zero-order chi connectivity index (χ0) is 14.0. The van der Waals surface area contributed by atoms with Gasteiger partial charge in [-0.25, -0.2) is 8.42 Å². The summed E-state index contributed by atoms with van der Waals surface area (Å²) in [5.74, 6) is 0.282. The number of sulfone groups is 1. The molecule has 0 spiro atoms. The van der Waals surface area contributed by atoms with Crippen LogP contribution >= 0.6 is 0 Å². The molecule has 0 radical (unpaired) electrons. The lowest BCUT2D eigenvalue weighted by molar-refractivity contribution is 0.593. The molecule has 4 heteroatoms. The maximum atomic E-state index is 12.8. The monoisotopic (exact) mass is 287 g/mol. The largest absolute Gasteiger partial charge is 0.316 e. The highest BCUT2D eigenvalue weighted by Gasteiger charge is 2.26. The number of nitrogens with one attached hydrogen (secondary N) is 1. The van der Waals surface area contributed by atoms with Crippen molar-refractivity contribution >= 4 is 9.84 Å². The maximum absolute atomic E-state index is 12.8. The molecule has 1 heterocycles. The minimum Gasteiger partial charge on any atom is -0.316 e. The summed E-state index contributed by atoms with van der Waals surface area (Å²) in [6.07, 6.45) is 0.987. The third-order valence-electron chi connectivity index (χ3n) is 3.76. The molecule has 104 valence electrons. The van der Waals surface area contributed by atoms with Crippen LogP contribution in [-0.4, -0.2) is 21.5 Å². The Labute approximate surface area is 119 Å². The van der Waals surface area contributed by atoms with Crippen molar-refractivity contribution in [3.05, 3.63) is 60.2 Å². The highest BCUT2D eigenvalue weighted by atomic mass is 32.2. The van der Waals surface area contributed by atoms with E-state index in [9.17, 15) is 8.42 Å². The summed E-state index contributed by atoms with van der Waals surface area (Å²) in [6.45, 7) is 1.80. The Hall–Kier alpha value is -1.65. The Morgan fingerprint density at radius 3 is 2.35 bits per heavy atom. The molecule has 2 aromatic carbocycles. The van der Waals surface area contributed by atoms with Crippen molar-refractivity contribution in [3.8, 4) is 0 Å². The number of benzene rings is 2. The van der Waals surface area contributed by atoms with E-state index in [1.165, 1.54) is 0 Å². The molecule has 1 unspecified atom stereocenters. The summed E-state index contributed by atoms with van der Waals surface area (Å²) in [5.41, 5.74) is 0.932. The van der Waals surface area contributed by atoms with Gasteiger partial charge < -0.3 is 5.32 Å². The van der Waals surface area contributed by atoms with Crippen molar-refractivity contribution in [2.45, 2.75) is 22.1 Å². The van der Waals surface area contributed by atoms with Crippen molar-refractivity contribution in [2.24, 2.45) is 0 Å². The Morgan fingerprint density at radius 1 is 0.950 bits per heavy atom. The molecule has 20 heavy (non-hydrogen) atoms. The highest BCUT2D eigenvalue weighted by molar-refractivity contribution is 7.91. The predicted molar refractivity (Wildman–Crippen MR) is 78.6 cm³/mol. The molecule has 1 aliphatic heterocycles. The molecule has 1 fully saturated rings. The fourth-order valence-corrected chi connectivity index (χ4v) is 4.28. The first-order valence-corrected chi connectivity index (χ1v) is 8.28. The van der Waals surface area contributed by atoms with Crippen LogP contribution in [0.1, 0.15) is 17.9 Å². The van der Waals surface area contributed by atoms with Gasteiger partial charge in [0.05, 0.1) is 9.79 Å². The summed E-state index contributed by atoms with van der Waals surface area (Å²) in [7, 11) is -3.43. The van der Waals surface area contributed by atoms with Gasteiger partial charge in [0, 0.05) is 6.54 Å². The fraction of sp³-hybridized carbons (Fsp3) is 0.250. The number of rotatable bonds is 3. The van der Waals surface area contributed by atoms with Gasteiger partial charge >= 0.3 is 0 Å². The number of hydrogen-bond acceptors (Lipinski definition) is 3. The van der Waals surface area contributed by atoms with Crippen LogP contribution in [0.4, 0.5) is 0 Å². The molecular weight excluding hydrogens is 270 g/mol. The van der Waals surface area contributed by atoms with Crippen molar-refractivity contribution in [3.63, 3.8) is 0 Å². The van der Waals surface area contributed by atoms with Crippen LogP contribution in [0.3, 0.4) is 0 Å². The lowest BCUT2D eigenvalue weighted by atomic mass is 9.99. The Bertz CT molecular complexity index is 689. The minimum atomic E-state index is -3.43. The van der Waals surface area contributed by atoms with Crippen LogP contribution < -0.4 is 5.32 Å². The smallest absolute Gasteiger partial charge is 0.206 e. The molecule has 1 aliphatic rings. The SMILES string of the molecule is O=S(=O)(c1ccccc1)c1ccccc1C1CCNC1. The second-order valence-electron chi connectivity index (χ2n) is 5.04. The van der Waals surface area contributed by atoms with Crippen molar-refractivity contribution in [2.75, 3.05) is 13.1 Å². The summed E-state index contributed by atoms with van der Waals surface area (Å²) in [4.78, 5) is 0.804. The lowest BCUT2D eigenvalue weighted by Crippen LogP contribution is -2.12. The first-order valence-electron chi connectivity index (χ1n) is 6.79. The number of hydrogen-bond donors (Lipinski definition) is 1. The Morgan fingerprint density at radius 2 is 1.65 bits per heavy atom. The van der Waals surface area contributed by atoms with Crippen LogP contribution in [0.5, 0.6) is 0 Å². The summed E-state index contributed by atoms with van der Waals surface area (Å²) >= 11 is 0. The Kier molecular flexibility index (Phi) is 3.59.